The van der Waals surface area contributed by atoms with E-state index in [0.717, 1.165) is 0 Å². The Balaban J connectivity index is 3.33. The van der Waals surface area contributed by atoms with Crippen molar-refractivity contribution in [2.75, 3.05) is 6.61 Å². The van der Waals surface area contributed by atoms with Crippen molar-refractivity contribution >= 4 is 0 Å². The van der Waals surface area contributed by atoms with Gasteiger partial charge in [-0.15, -0.1) is 0 Å². The molecule has 238 valence electrons. The van der Waals surface area contributed by atoms with Crippen molar-refractivity contribution < 1.29 is 5.11 Å². The zero-order chi connectivity index (χ0) is 29.0. The number of aliphatic hydroxyl groups excluding tert-OH is 1. The molecule has 0 amide bonds. The minimum Gasteiger partial charge on any atom is -0.396 e. The quantitative estimate of drug-likeness (QED) is 0.0613. The molecule has 0 aromatic rings. The van der Waals surface area contributed by atoms with Crippen molar-refractivity contribution in [1.82, 2.24) is 0 Å². The van der Waals surface area contributed by atoms with Crippen molar-refractivity contribution in [3.8, 4) is 0 Å². The molecule has 0 bridgehead atoms. The molecule has 0 aliphatic rings. The van der Waals surface area contributed by atoms with Crippen LogP contribution in [0.3, 0.4) is 0 Å². The fourth-order valence-electron chi connectivity index (χ4n) is 5.86. The van der Waals surface area contributed by atoms with Crippen LogP contribution in [-0.4, -0.2) is 11.7 Å². The van der Waals surface area contributed by atoms with E-state index in [1.807, 2.05) is 0 Å². The molecule has 0 spiro atoms. The molecule has 0 rings (SSSR count). The van der Waals surface area contributed by atoms with Gasteiger partial charge in [-0.25, -0.2) is 0 Å². The van der Waals surface area contributed by atoms with Gasteiger partial charge in [0.2, 0.25) is 0 Å². The SMILES string of the molecule is CCCCCCCC/C=C\CCCCCCCCCC(CO)CCCCCCCC/C=C\CCCCCCCC. The Bertz CT molecular complexity index is 493. The van der Waals surface area contributed by atoms with Crippen LogP contribution in [0.1, 0.15) is 213 Å². The highest BCUT2D eigenvalue weighted by Gasteiger charge is 2.07. The molecule has 1 nitrogen and oxygen atoms in total. The van der Waals surface area contributed by atoms with Crippen LogP contribution in [0.4, 0.5) is 0 Å². The maximum Gasteiger partial charge on any atom is 0.0459 e. The third-order valence-corrected chi connectivity index (χ3v) is 8.76. The summed E-state index contributed by atoms with van der Waals surface area (Å²) in [4.78, 5) is 0. The summed E-state index contributed by atoms with van der Waals surface area (Å²) in [6.07, 6.45) is 52.0. The third kappa shape index (κ3) is 33.6. The largest absolute Gasteiger partial charge is 0.396 e. The molecule has 40 heavy (non-hydrogen) atoms. The van der Waals surface area contributed by atoms with Crippen molar-refractivity contribution in [1.29, 1.82) is 0 Å². The van der Waals surface area contributed by atoms with Crippen molar-refractivity contribution in [3.05, 3.63) is 24.3 Å². The van der Waals surface area contributed by atoms with E-state index in [9.17, 15) is 5.11 Å². The van der Waals surface area contributed by atoms with Gasteiger partial charge in [-0.2, -0.15) is 0 Å². The van der Waals surface area contributed by atoms with Gasteiger partial charge < -0.3 is 5.11 Å². The molecule has 1 unspecified atom stereocenters. The van der Waals surface area contributed by atoms with E-state index in [1.54, 1.807) is 0 Å². The van der Waals surface area contributed by atoms with Crippen molar-refractivity contribution in [2.24, 2.45) is 5.92 Å². The second-order valence-corrected chi connectivity index (χ2v) is 12.9. The van der Waals surface area contributed by atoms with E-state index in [0.29, 0.717) is 12.5 Å². The van der Waals surface area contributed by atoms with E-state index in [1.165, 1.54) is 199 Å². The Hall–Kier alpha value is -0.560. The van der Waals surface area contributed by atoms with E-state index < -0.39 is 0 Å². The zero-order valence-corrected chi connectivity index (χ0v) is 28.0. The average Bonchev–Trinajstić information content (AvgIpc) is 2.97. The lowest BCUT2D eigenvalue weighted by Gasteiger charge is -2.13. The van der Waals surface area contributed by atoms with Crippen LogP contribution in [0.5, 0.6) is 0 Å². The minimum atomic E-state index is 0.400. The first-order valence-electron chi connectivity index (χ1n) is 18.8. The highest BCUT2D eigenvalue weighted by Crippen LogP contribution is 2.19. The molecule has 0 saturated carbocycles. The molecule has 0 heterocycles. The smallest absolute Gasteiger partial charge is 0.0459 e. The lowest BCUT2D eigenvalue weighted by Crippen LogP contribution is -2.06. The molecule has 0 aliphatic carbocycles. The summed E-state index contributed by atoms with van der Waals surface area (Å²) < 4.78 is 0. The maximum absolute atomic E-state index is 9.77. The molecule has 1 N–H and O–H groups in total. The van der Waals surface area contributed by atoms with Crippen LogP contribution in [0, 0.1) is 5.92 Å². The Kier molecular flexibility index (Phi) is 36.0. The molecule has 0 saturated heterocycles. The third-order valence-electron chi connectivity index (χ3n) is 8.76. The van der Waals surface area contributed by atoms with Gasteiger partial charge in [0, 0.05) is 6.61 Å². The van der Waals surface area contributed by atoms with Crippen LogP contribution >= 0.6 is 0 Å². The van der Waals surface area contributed by atoms with E-state index >= 15 is 0 Å². The van der Waals surface area contributed by atoms with Crippen LogP contribution in [0.15, 0.2) is 24.3 Å². The highest BCUT2D eigenvalue weighted by atomic mass is 16.3. The lowest BCUT2D eigenvalue weighted by atomic mass is 9.95. The fraction of sp³-hybridized carbons (Fsp3) is 0.897. The van der Waals surface area contributed by atoms with Gasteiger partial charge in [0.25, 0.3) is 0 Å². The van der Waals surface area contributed by atoms with E-state index in [2.05, 4.69) is 38.2 Å². The molecule has 0 aromatic carbocycles. The van der Waals surface area contributed by atoms with Crippen LogP contribution in [0.25, 0.3) is 0 Å². The van der Waals surface area contributed by atoms with Crippen molar-refractivity contribution in [3.63, 3.8) is 0 Å². The second kappa shape index (κ2) is 36.5. The Labute approximate surface area is 254 Å². The highest BCUT2D eigenvalue weighted by molar-refractivity contribution is 4.82. The molecule has 0 aromatic heterocycles. The zero-order valence-electron chi connectivity index (χ0n) is 28.0. The van der Waals surface area contributed by atoms with E-state index in [4.69, 9.17) is 0 Å². The first kappa shape index (κ1) is 39.4. The first-order chi connectivity index (χ1) is 19.8. The van der Waals surface area contributed by atoms with Gasteiger partial charge in [0.15, 0.2) is 0 Å². The summed E-state index contributed by atoms with van der Waals surface area (Å²) in [5, 5.41) is 9.77. The van der Waals surface area contributed by atoms with Gasteiger partial charge in [-0.05, 0) is 70.1 Å². The van der Waals surface area contributed by atoms with Crippen LogP contribution in [-0.2, 0) is 0 Å². The predicted octanol–water partition coefficient (Wildman–Crippen LogP) is 13.8. The first-order valence-corrected chi connectivity index (χ1v) is 18.8. The van der Waals surface area contributed by atoms with Gasteiger partial charge in [-0.1, -0.05) is 173 Å². The second-order valence-electron chi connectivity index (χ2n) is 12.9. The minimum absolute atomic E-state index is 0.400. The van der Waals surface area contributed by atoms with Gasteiger partial charge >= 0.3 is 0 Å². The topological polar surface area (TPSA) is 20.2 Å². The lowest BCUT2D eigenvalue weighted by molar-refractivity contribution is 0.204. The molecular formula is C39H76O. The Morgan fingerprint density at radius 2 is 0.600 bits per heavy atom. The van der Waals surface area contributed by atoms with Gasteiger partial charge in [-0.3, -0.25) is 0 Å². The molecular weight excluding hydrogens is 484 g/mol. The summed E-state index contributed by atoms with van der Waals surface area (Å²) in [6, 6.07) is 0. The molecule has 1 atom stereocenters. The Morgan fingerprint density at radius 1 is 0.350 bits per heavy atom. The standard InChI is InChI=1S/C39H76O/c1-3-5-7-9-11-13-15-17-19-21-23-25-27-29-31-33-35-37-39(38-40)36-34-32-30-28-26-24-22-20-18-16-14-12-10-8-6-4-2/h17-20,39-40H,3-16,21-38H2,1-2H3/b19-17-,20-18-. The Morgan fingerprint density at radius 3 is 0.875 bits per heavy atom. The summed E-state index contributed by atoms with van der Waals surface area (Å²) >= 11 is 0. The van der Waals surface area contributed by atoms with Crippen molar-refractivity contribution in [2.45, 2.75) is 213 Å². The summed E-state index contributed by atoms with van der Waals surface area (Å²) in [7, 11) is 0. The number of hydrogen-bond acceptors (Lipinski definition) is 1. The number of hydrogen-bond donors (Lipinski definition) is 1. The number of rotatable bonds is 34. The number of unbranched alkanes of at least 4 members (excludes halogenated alkanes) is 25. The number of allylic oxidation sites excluding steroid dienone is 4. The molecule has 0 aliphatic heterocycles. The van der Waals surface area contributed by atoms with Gasteiger partial charge in [0.05, 0.1) is 0 Å². The average molecular weight is 561 g/mol. The predicted molar refractivity (Wildman–Crippen MR) is 183 cm³/mol. The molecule has 0 fully saturated rings. The summed E-state index contributed by atoms with van der Waals surface area (Å²) in [5.74, 6) is 0.555. The van der Waals surface area contributed by atoms with Crippen LogP contribution in [0.2, 0.25) is 0 Å². The molecule has 0 radical (unpaired) electrons. The summed E-state index contributed by atoms with van der Waals surface area (Å²) in [5.41, 5.74) is 0. The molecule has 1 heteroatoms. The maximum atomic E-state index is 9.77. The normalized spacial score (nSPS) is 12.8. The van der Waals surface area contributed by atoms with E-state index in [-0.39, 0.29) is 0 Å². The summed E-state index contributed by atoms with van der Waals surface area (Å²) in [6.45, 7) is 4.98. The van der Waals surface area contributed by atoms with Gasteiger partial charge in [0.1, 0.15) is 0 Å². The number of aliphatic hydroxyl groups is 1. The fourth-order valence-corrected chi connectivity index (χ4v) is 5.86. The monoisotopic (exact) mass is 561 g/mol. The van der Waals surface area contributed by atoms with Crippen LogP contribution < -0.4 is 0 Å².